The van der Waals surface area contributed by atoms with Crippen molar-refractivity contribution in [1.29, 1.82) is 0 Å². The number of carbonyl (C=O) groups excluding carboxylic acids is 1. The number of carbonyl (C=O) groups is 1. The predicted octanol–water partition coefficient (Wildman–Crippen LogP) is 4.24. The first-order valence-electron chi connectivity index (χ1n) is 8.89. The summed E-state index contributed by atoms with van der Waals surface area (Å²) in [5.41, 5.74) is 1.48. The van der Waals surface area contributed by atoms with Crippen molar-refractivity contribution in [2.75, 3.05) is 0 Å². The number of sulfonamides is 1. The SMILES string of the molecule is Cc1ccc(S(=O)(=O)N2C(=O)c3ccccc3S[C@@H]3CCCC[C@H]32)cc1. The Kier molecular flexibility index (Phi) is 4.57. The topological polar surface area (TPSA) is 54.5 Å². The van der Waals surface area contributed by atoms with Gasteiger partial charge < -0.3 is 0 Å². The molecule has 1 saturated carbocycles. The highest BCUT2D eigenvalue weighted by Gasteiger charge is 2.44. The summed E-state index contributed by atoms with van der Waals surface area (Å²) in [6, 6.07) is 13.8. The van der Waals surface area contributed by atoms with E-state index in [2.05, 4.69) is 0 Å². The van der Waals surface area contributed by atoms with Crippen LogP contribution in [0.4, 0.5) is 0 Å². The molecule has 0 saturated heterocycles. The lowest BCUT2D eigenvalue weighted by Gasteiger charge is -2.36. The van der Waals surface area contributed by atoms with Gasteiger partial charge in [0.25, 0.3) is 15.9 Å². The average molecular weight is 388 g/mol. The van der Waals surface area contributed by atoms with Crippen molar-refractivity contribution >= 4 is 27.7 Å². The molecule has 1 heterocycles. The van der Waals surface area contributed by atoms with Crippen LogP contribution in [-0.4, -0.2) is 29.9 Å². The summed E-state index contributed by atoms with van der Waals surface area (Å²) < 4.78 is 28.0. The normalized spacial score (nSPS) is 23.1. The van der Waals surface area contributed by atoms with Crippen molar-refractivity contribution in [1.82, 2.24) is 4.31 Å². The Morgan fingerprint density at radius 2 is 1.69 bits per heavy atom. The molecule has 2 atom stereocenters. The van der Waals surface area contributed by atoms with Gasteiger partial charge in [0.2, 0.25) is 0 Å². The molecule has 4 rings (SSSR count). The molecule has 2 aliphatic rings. The molecule has 0 radical (unpaired) electrons. The van der Waals surface area contributed by atoms with Gasteiger partial charge in [0.05, 0.1) is 16.5 Å². The molecule has 0 bridgehead atoms. The fourth-order valence-corrected chi connectivity index (χ4v) is 6.95. The molecule has 4 nitrogen and oxygen atoms in total. The smallest absolute Gasteiger partial charge is 0.268 e. The molecule has 2 aromatic rings. The zero-order valence-corrected chi connectivity index (χ0v) is 16.2. The van der Waals surface area contributed by atoms with E-state index in [0.29, 0.717) is 5.56 Å². The van der Waals surface area contributed by atoms with E-state index in [9.17, 15) is 13.2 Å². The van der Waals surface area contributed by atoms with Crippen LogP contribution in [-0.2, 0) is 10.0 Å². The summed E-state index contributed by atoms with van der Waals surface area (Å²) in [6.45, 7) is 1.91. The summed E-state index contributed by atoms with van der Waals surface area (Å²) in [4.78, 5) is 14.4. The number of hydrogen-bond donors (Lipinski definition) is 0. The van der Waals surface area contributed by atoms with Crippen molar-refractivity contribution in [3.63, 3.8) is 0 Å². The first kappa shape index (κ1) is 17.6. The largest absolute Gasteiger partial charge is 0.269 e. The summed E-state index contributed by atoms with van der Waals surface area (Å²) in [7, 11) is -3.89. The van der Waals surface area contributed by atoms with E-state index in [1.807, 2.05) is 19.1 Å². The van der Waals surface area contributed by atoms with E-state index in [1.165, 1.54) is 4.31 Å². The molecule has 2 aromatic carbocycles. The van der Waals surface area contributed by atoms with Crippen molar-refractivity contribution < 1.29 is 13.2 Å². The molecule has 0 unspecified atom stereocenters. The number of amides is 1. The van der Waals surface area contributed by atoms with E-state index in [0.717, 1.165) is 36.1 Å². The number of nitrogens with zero attached hydrogens (tertiary/aromatic N) is 1. The van der Waals surface area contributed by atoms with Gasteiger partial charge in [0, 0.05) is 10.1 Å². The number of thioether (sulfide) groups is 1. The zero-order valence-electron chi connectivity index (χ0n) is 14.6. The highest BCUT2D eigenvalue weighted by molar-refractivity contribution is 8.00. The van der Waals surface area contributed by atoms with E-state index in [4.69, 9.17) is 0 Å². The monoisotopic (exact) mass is 387 g/mol. The number of aryl methyl sites for hydroxylation is 1. The van der Waals surface area contributed by atoms with Crippen LogP contribution in [0.2, 0.25) is 0 Å². The zero-order chi connectivity index (χ0) is 18.3. The van der Waals surface area contributed by atoms with Gasteiger partial charge in [-0.3, -0.25) is 4.79 Å². The quantitative estimate of drug-likeness (QED) is 0.773. The number of rotatable bonds is 2. The minimum absolute atomic E-state index is 0.108. The number of benzene rings is 2. The molecule has 26 heavy (non-hydrogen) atoms. The molecule has 0 aromatic heterocycles. The van der Waals surface area contributed by atoms with Crippen LogP contribution in [0.1, 0.15) is 41.6 Å². The lowest BCUT2D eigenvalue weighted by atomic mass is 9.94. The fraction of sp³-hybridized carbons (Fsp3) is 0.350. The third kappa shape index (κ3) is 2.95. The predicted molar refractivity (Wildman–Crippen MR) is 103 cm³/mol. The van der Waals surface area contributed by atoms with Gasteiger partial charge in [-0.05, 0) is 44.0 Å². The Morgan fingerprint density at radius 3 is 2.46 bits per heavy atom. The van der Waals surface area contributed by atoms with E-state index in [1.54, 1.807) is 48.2 Å². The average Bonchev–Trinajstić information content (AvgIpc) is 2.76. The summed E-state index contributed by atoms with van der Waals surface area (Å²) >= 11 is 1.66. The van der Waals surface area contributed by atoms with Crippen molar-refractivity contribution in [2.45, 2.75) is 53.7 Å². The second-order valence-electron chi connectivity index (χ2n) is 6.92. The summed E-state index contributed by atoms with van der Waals surface area (Å²) in [6.07, 6.45) is 3.67. The second kappa shape index (κ2) is 6.74. The summed E-state index contributed by atoms with van der Waals surface area (Å²) in [5, 5.41) is 0.108. The van der Waals surface area contributed by atoms with E-state index in [-0.39, 0.29) is 16.2 Å². The van der Waals surface area contributed by atoms with Crippen LogP contribution in [0.5, 0.6) is 0 Å². The minimum Gasteiger partial charge on any atom is -0.268 e. The van der Waals surface area contributed by atoms with Gasteiger partial charge in [-0.15, -0.1) is 11.8 Å². The Hall–Kier alpha value is -1.79. The van der Waals surface area contributed by atoms with Crippen LogP contribution in [0, 0.1) is 6.92 Å². The third-order valence-corrected chi connectivity index (χ3v) is 8.43. The summed E-state index contributed by atoms with van der Waals surface area (Å²) in [5.74, 6) is -0.400. The number of fused-ring (bicyclic) bond motifs is 2. The maximum Gasteiger partial charge on any atom is 0.269 e. The maximum atomic E-state index is 13.4. The van der Waals surface area contributed by atoms with Crippen LogP contribution in [0.25, 0.3) is 0 Å². The van der Waals surface area contributed by atoms with E-state index >= 15 is 0 Å². The third-order valence-electron chi connectivity index (χ3n) is 5.14. The van der Waals surface area contributed by atoms with Gasteiger partial charge in [0.15, 0.2) is 0 Å². The van der Waals surface area contributed by atoms with Gasteiger partial charge in [0.1, 0.15) is 0 Å². The van der Waals surface area contributed by atoms with Crippen LogP contribution < -0.4 is 0 Å². The molecule has 0 spiro atoms. The van der Waals surface area contributed by atoms with Crippen molar-refractivity contribution in [3.05, 3.63) is 59.7 Å². The first-order chi connectivity index (χ1) is 12.5. The molecule has 1 amide bonds. The molecular weight excluding hydrogens is 366 g/mol. The molecule has 1 aliphatic carbocycles. The fourth-order valence-electron chi connectivity index (χ4n) is 3.77. The van der Waals surface area contributed by atoms with Crippen molar-refractivity contribution in [3.8, 4) is 0 Å². The molecule has 1 aliphatic heterocycles. The molecular formula is C20H21NO3S2. The van der Waals surface area contributed by atoms with E-state index < -0.39 is 15.9 Å². The van der Waals surface area contributed by atoms with Crippen LogP contribution in [0.3, 0.4) is 0 Å². The van der Waals surface area contributed by atoms with Gasteiger partial charge in [-0.25, -0.2) is 12.7 Å². The Balaban J connectivity index is 1.86. The molecule has 136 valence electrons. The lowest BCUT2D eigenvalue weighted by Crippen LogP contribution is -2.49. The Bertz CT molecular complexity index is 938. The van der Waals surface area contributed by atoms with Crippen LogP contribution in [0.15, 0.2) is 58.3 Å². The van der Waals surface area contributed by atoms with Crippen molar-refractivity contribution in [2.24, 2.45) is 0 Å². The highest BCUT2D eigenvalue weighted by Crippen LogP contribution is 2.43. The Labute approximate surface area is 158 Å². The maximum absolute atomic E-state index is 13.4. The highest BCUT2D eigenvalue weighted by atomic mass is 32.2. The van der Waals surface area contributed by atoms with Gasteiger partial charge in [-0.1, -0.05) is 42.7 Å². The Morgan fingerprint density at radius 1 is 1.00 bits per heavy atom. The van der Waals surface area contributed by atoms with Gasteiger partial charge in [-0.2, -0.15) is 0 Å². The molecule has 0 N–H and O–H groups in total. The molecule has 6 heteroatoms. The second-order valence-corrected chi connectivity index (χ2v) is 10.0. The van der Waals surface area contributed by atoms with Gasteiger partial charge >= 0.3 is 0 Å². The standard InChI is InChI=1S/C20H21NO3S2/c1-14-10-12-15(13-11-14)26(23,24)21-17-7-3-5-9-19(17)25-18-8-4-2-6-16(18)20(21)22/h2,4,6,8,10-13,17,19H,3,5,7,9H2,1H3/t17-,19-/m1/s1. The lowest BCUT2D eigenvalue weighted by molar-refractivity contribution is 0.0802. The minimum atomic E-state index is -3.89. The number of hydrogen-bond acceptors (Lipinski definition) is 4. The first-order valence-corrected chi connectivity index (χ1v) is 11.2. The molecule has 1 fully saturated rings. The van der Waals surface area contributed by atoms with Crippen LogP contribution >= 0.6 is 11.8 Å².